The summed E-state index contributed by atoms with van der Waals surface area (Å²) in [5, 5.41) is 3.11. The summed E-state index contributed by atoms with van der Waals surface area (Å²) in [7, 11) is 1.66. The Morgan fingerprint density at radius 2 is 1.88 bits per heavy atom. The number of carbonyl (C=O) groups is 2. The van der Waals surface area contributed by atoms with E-state index in [9.17, 15) is 9.59 Å². The first-order chi connectivity index (χ1) is 16.6. The van der Waals surface area contributed by atoms with E-state index < -0.39 is 0 Å². The monoisotopic (exact) mass is 458 g/mol. The number of methoxy groups -OCH3 is 1. The van der Waals surface area contributed by atoms with Crippen molar-refractivity contribution in [3.05, 3.63) is 78.1 Å². The number of likely N-dealkylation sites (tertiary alicyclic amines) is 1. The fourth-order valence-corrected chi connectivity index (χ4v) is 5.11. The number of nitrogens with zero attached hydrogens (tertiary/aromatic N) is 1. The van der Waals surface area contributed by atoms with Crippen molar-refractivity contribution in [2.75, 3.05) is 26.7 Å². The van der Waals surface area contributed by atoms with Crippen LogP contribution in [0.5, 0.6) is 5.75 Å². The third-order valence-electron chi connectivity index (χ3n) is 7.34. The van der Waals surface area contributed by atoms with Crippen molar-refractivity contribution in [1.29, 1.82) is 0 Å². The Balaban J connectivity index is 1.09. The molecule has 34 heavy (non-hydrogen) atoms. The van der Waals surface area contributed by atoms with E-state index in [1.807, 2.05) is 65.6 Å². The quantitative estimate of drug-likeness (QED) is 0.564. The summed E-state index contributed by atoms with van der Waals surface area (Å²) in [6.07, 6.45) is 5.12. The molecule has 6 heteroatoms. The Hall–Kier alpha value is -3.54. The van der Waals surface area contributed by atoms with Crippen LogP contribution in [0, 0.1) is 11.3 Å². The largest absolute Gasteiger partial charge is 0.497 e. The third kappa shape index (κ3) is 4.58. The van der Waals surface area contributed by atoms with Gasteiger partial charge >= 0.3 is 0 Å². The first kappa shape index (κ1) is 22.3. The molecule has 0 radical (unpaired) electrons. The van der Waals surface area contributed by atoms with E-state index in [1.54, 1.807) is 13.4 Å². The second-order valence-corrected chi connectivity index (χ2v) is 9.36. The fourth-order valence-electron chi connectivity index (χ4n) is 5.11. The average Bonchev–Trinajstić information content (AvgIpc) is 3.29. The molecule has 0 unspecified atom stereocenters. The SMILES string of the molecule is COc1cccc(CCNC(=O)[C@H]2CC23CCN(C(=O)c2ccc(-c4ccco4)cc2)CC3)c1. The predicted molar refractivity (Wildman–Crippen MR) is 130 cm³/mol. The fraction of sp³-hybridized carbons (Fsp3) is 0.357. The number of hydrogen-bond donors (Lipinski definition) is 1. The van der Waals surface area contributed by atoms with Crippen molar-refractivity contribution in [3.63, 3.8) is 0 Å². The number of benzene rings is 2. The van der Waals surface area contributed by atoms with E-state index in [2.05, 4.69) is 5.32 Å². The van der Waals surface area contributed by atoms with Crippen molar-refractivity contribution < 1.29 is 18.7 Å². The molecule has 0 bridgehead atoms. The minimum Gasteiger partial charge on any atom is -0.497 e. The zero-order valence-corrected chi connectivity index (χ0v) is 19.5. The molecule has 1 saturated carbocycles. The molecule has 1 aromatic heterocycles. The van der Waals surface area contributed by atoms with Crippen LogP contribution in [0.25, 0.3) is 11.3 Å². The lowest BCUT2D eigenvalue weighted by molar-refractivity contribution is -0.123. The van der Waals surface area contributed by atoms with Crippen molar-refractivity contribution in [3.8, 4) is 17.1 Å². The predicted octanol–water partition coefficient (Wildman–Crippen LogP) is 4.56. The molecule has 2 fully saturated rings. The Bertz CT molecular complexity index is 1150. The molecular weight excluding hydrogens is 428 g/mol. The molecule has 5 rings (SSSR count). The van der Waals surface area contributed by atoms with E-state index in [1.165, 1.54) is 0 Å². The Morgan fingerprint density at radius 1 is 1.09 bits per heavy atom. The van der Waals surface area contributed by atoms with Gasteiger partial charge in [0.05, 0.1) is 13.4 Å². The van der Waals surface area contributed by atoms with Gasteiger partial charge in [0.2, 0.25) is 5.91 Å². The molecular formula is C28H30N2O4. The second kappa shape index (κ2) is 9.37. The number of amides is 2. The molecule has 2 aromatic carbocycles. The minimum atomic E-state index is 0.0563. The molecule has 3 aromatic rings. The van der Waals surface area contributed by atoms with Crippen LogP contribution < -0.4 is 10.1 Å². The summed E-state index contributed by atoms with van der Waals surface area (Å²) < 4.78 is 10.7. The highest BCUT2D eigenvalue weighted by Crippen LogP contribution is 2.59. The lowest BCUT2D eigenvalue weighted by Gasteiger charge is -2.33. The minimum absolute atomic E-state index is 0.0563. The van der Waals surface area contributed by atoms with Crippen LogP contribution in [-0.4, -0.2) is 43.5 Å². The third-order valence-corrected chi connectivity index (χ3v) is 7.34. The standard InChI is InChI=1S/C28H30N2O4/c1-33-23-5-2-4-20(18-23)11-14-29-26(31)24-19-28(24)12-15-30(16-13-28)27(32)22-9-7-21(8-10-22)25-6-3-17-34-25/h2-10,17-18,24H,11-16,19H2,1H3,(H,29,31)/t24-/m1/s1. The average molecular weight is 459 g/mol. The Kier molecular flexibility index (Phi) is 6.14. The smallest absolute Gasteiger partial charge is 0.253 e. The Labute approximate surface area is 199 Å². The van der Waals surface area contributed by atoms with Crippen LogP contribution in [0.2, 0.25) is 0 Å². The summed E-state index contributed by atoms with van der Waals surface area (Å²) >= 11 is 0. The van der Waals surface area contributed by atoms with Crippen molar-refractivity contribution in [1.82, 2.24) is 10.2 Å². The molecule has 2 amide bonds. The molecule has 1 spiro atoms. The highest BCUT2D eigenvalue weighted by molar-refractivity contribution is 5.94. The number of ether oxygens (including phenoxy) is 1. The number of hydrogen-bond acceptors (Lipinski definition) is 4. The van der Waals surface area contributed by atoms with Crippen LogP contribution in [0.3, 0.4) is 0 Å². The van der Waals surface area contributed by atoms with E-state index in [0.29, 0.717) is 25.2 Å². The molecule has 1 aliphatic heterocycles. The molecule has 1 saturated heterocycles. The maximum atomic E-state index is 13.0. The molecule has 176 valence electrons. The second-order valence-electron chi connectivity index (χ2n) is 9.36. The van der Waals surface area contributed by atoms with Gasteiger partial charge in [0.1, 0.15) is 11.5 Å². The van der Waals surface area contributed by atoms with Crippen molar-refractivity contribution in [2.24, 2.45) is 11.3 Å². The maximum Gasteiger partial charge on any atom is 0.253 e. The lowest BCUT2D eigenvalue weighted by atomic mass is 9.90. The summed E-state index contributed by atoms with van der Waals surface area (Å²) in [5.74, 6) is 1.90. The van der Waals surface area contributed by atoms with Crippen LogP contribution in [-0.2, 0) is 11.2 Å². The molecule has 2 heterocycles. The van der Waals surface area contributed by atoms with Gasteiger partial charge in [-0.3, -0.25) is 9.59 Å². The summed E-state index contributed by atoms with van der Waals surface area (Å²) in [4.78, 5) is 27.6. The van der Waals surface area contributed by atoms with Gasteiger partial charge in [0.25, 0.3) is 5.91 Å². The Morgan fingerprint density at radius 3 is 2.59 bits per heavy atom. The van der Waals surface area contributed by atoms with Gasteiger partial charge in [-0.05, 0) is 73.1 Å². The van der Waals surface area contributed by atoms with E-state index in [4.69, 9.17) is 9.15 Å². The number of furan rings is 1. The highest BCUT2D eigenvalue weighted by Gasteiger charge is 2.58. The van der Waals surface area contributed by atoms with Crippen LogP contribution in [0.1, 0.15) is 35.2 Å². The van der Waals surface area contributed by atoms with Crippen molar-refractivity contribution >= 4 is 11.8 Å². The number of piperidine rings is 1. The number of nitrogens with one attached hydrogen (secondary N) is 1. The van der Waals surface area contributed by atoms with Crippen LogP contribution in [0.4, 0.5) is 0 Å². The summed E-state index contributed by atoms with van der Waals surface area (Å²) in [5.41, 5.74) is 2.86. The van der Waals surface area contributed by atoms with E-state index in [0.717, 1.165) is 48.3 Å². The van der Waals surface area contributed by atoms with Gasteiger partial charge < -0.3 is 19.4 Å². The molecule has 1 N–H and O–H groups in total. The maximum absolute atomic E-state index is 13.0. The summed E-state index contributed by atoms with van der Waals surface area (Å²) in [6.45, 7) is 2.02. The van der Waals surface area contributed by atoms with Gasteiger partial charge in [0.15, 0.2) is 0 Å². The van der Waals surface area contributed by atoms with Gasteiger partial charge in [-0.15, -0.1) is 0 Å². The zero-order chi connectivity index (χ0) is 23.5. The normalized spacial score (nSPS) is 18.5. The molecule has 2 aliphatic rings. The molecule has 1 aliphatic carbocycles. The topological polar surface area (TPSA) is 71.8 Å². The molecule has 6 nitrogen and oxygen atoms in total. The van der Waals surface area contributed by atoms with Crippen LogP contribution in [0.15, 0.2) is 71.3 Å². The van der Waals surface area contributed by atoms with E-state index in [-0.39, 0.29) is 23.1 Å². The van der Waals surface area contributed by atoms with Gasteiger partial charge in [-0.2, -0.15) is 0 Å². The van der Waals surface area contributed by atoms with Gasteiger partial charge in [-0.1, -0.05) is 24.3 Å². The van der Waals surface area contributed by atoms with Crippen LogP contribution >= 0.6 is 0 Å². The molecule has 1 atom stereocenters. The van der Waals surface area contributed by atoms with Gasteiger partial charge in [0, 0.05) is 36.7 Å². The first-order valence-electron chi connectivity index (χ1n) is 11.9. The van der Waals surface area contributed by atoms with Crippen molar-refractivity contribution in [2.45, 2.75) is 25.7 Å². The zero-order valence-electron chi connectivity index (χ0n) is 19.5. The highest BCUT2D eigenvalue weighted by atomic mass is 16.5. The summed E-state index contributed by atoms with van der Waals surface area (Å²) in [6, 6.07) is 19.3. The first-order valence-corrected chi connectivity index (χ1v) is 11.9. The van der Waals surface area contributed by atoms with E-state index >= 15 is 0 Å². The number of rotatable bonds is 7. The number of carbonyl (C=O) groups excluding carboxylic acids is 2. The lowest BCUT2D eigenvalue weighted by Crippen LogP contribution is -2.40. The van der Waals surface area contributed by atoms with Gasteiger partial charge in [-0.25, -0.2) is 0 Å².